The average molecular weight is 374 g/mol. The van der Waals surface area contributed by atoms with Crippen LogP contribution in [0, 0.1) is 0 Å². The summed E-state index contributed by atoms with van der Waals surface area (Å²) in [6, 6.07) is 19.4. The van der Waals surface area contributed by atoms with E-state index in [1.807, 2.05) is 59.4 Å². The van der Waals surface area contributed by atoms with Gasteiger partial charge < -0.3 is 14.2 Å². The van der Waals surface area contributed by atoms with Gasteiger partial charge in [-0.1, -0.05) is 24.3 Å². The summed E-state index contributed by atoms with van der Waals surface area (Å²) in [4.78, 5) is 14.9. The van der Waals surface area contributed by atoms with Gasteiger partial charge in [0.2, 0.25) is 0 Å². The van der Waals surface area contributed by atoms with Crippen molar-refractivity contribution in [2.45, 2.75) is 0 Å². The molecule has 0 atom stereocenters. The van der Waals surface area contributed by atoms with E-state index in [2.05, 4.69) is 27.6 Å². The van der Waals surface area contributed by atoms with Crippen LogP contribution in [-0.4, -0.2) is 43.0 Å². The summed E-state index contributed by atoms with van der Waals surface area (Å²) in [6.07, 6.45) is 5.47. The van der Waals surface area contributed by atoms with E-state index in [0.717, 1.165) is 37.6 Å². The molecule has 0 bridgehead atoms. The van der Waals surface area contributed by atoms with Gasteiger partial charge in [-0.2, -0.15) is 5.10 Å². The number of carbonyl (C=O) groups is 1. The molecule has 6 heteroatoms. The fourth-order valence-electron chi connectivity index (χ4n) is 3.20. The SMILES string of the molecule is O=C(N/N=C/c1ccc(N2CCOCC2)cc1)c1ccccc1-n1cccc1. The third-order valence-electron chi connectivity index (χ3n) is 4.68. The van der Waals surface area contributed by atoms with Gasteiger partial charge in [-0.3, -0.25) is 4.79 Å². The standard InChI is InChI=1S/C22H22N4O2/c27-22(20-5-1-2-6-21(20)26-11-3-4-12-26)24-23-17-18-7-9-19(10-8-18)25-13-15-28-16-14-25/h1-12,17H,13-16H2,(H,24,27)/b23-17+. The van der Waals surface area contributed by atoms with Crippen LogP contribution in [0.1, 0.15) is 15.9 Å². The highest BCUT2D eigenvalue weighted by Gasteiger charge is 2.12. The van der Waals surface area contributed by atoms with Gasteiger partial charge in [-0.25, -0.2) is 5.43 Å². The molecule has 0 saturated carbocycles. The van der Waals surface area contributed by atoms with Crippen molar-refractivity contribution in [3.63, 3.8) is 0 Å². The summed E-state index contributed by atoms with van der Waals surface area (Å²) in [5.41, 5.74) is 6.10. The molecule has 1 aliphatic heterocycles. The third kappa shape index (κ3) is 4.13. The molecular formula is C22H22N4O2. The normalized spacial score (nSPS) is 14.4. The predicted molar refractivity (Wildman–Crippen MR) is 110 cm³/mol. The van der Waals surface area contributed by atoms with Crippen LogP contribution in [-0.2, 0) is 4.74 Å². The Kier molecular flexibility index (Phi) is 5.49. The zero-order valence-electron chi connectivity index (χ0n) is 15.5. The fraction of sp³-hybridized carbons (Fsp3) is 0.182. The van der Waals surface area contributed by atoms with E-state index in [-0.39, 0.29) is 5.91 Å². The van der Waals surface area contributed by atoms with E-state index in [1.165, 1.54) is 5.69 Å². The summed E-state index contributed by atoms with van der Waals surface area (Å²) in [5.74, 6) is -0.245. The number of anilines is 1. The number of carbonyl (C=O) groups excluding carboxylic acids is 1. The Morgan fingerprint density at radius 3 is 2.43 bits per heavy atom. The first-order chi connectivity index (χ1) is 13.8. The zero-order valence-corrected chi connectivity index (χ0v) is 15.5. The molecule has 0 unspecified atom stereocenters. The molecule has 4 rings (SSSR count). The maximum absolute atomic E-state index is 12.6. The molecule has 1 fully saturated rings. The molecule has 3 aromatic rings. The van der Waals surface area contributed by atoms with Crippen molar-refractivity contribution < 1.29 is 9.53 Å². The van der Waals surface area contributed by atoms with E-state index in [9.17, 15) is 4.79 Å². The van der Waals surface area contributed by atoms with Gasteiger partial charge in [0.05, 0.1) is 30.7 Å². The lowest BCUT2D eigenvalue weighted by Crippen LogP contribution is -2.36. The highest BCUT2D eigenvalue weighted by Crippen LogP contribution is 2.16. The molecule has 1 aromatic heterocycles. The number of rotatable bonds is 5. The zero-order chi connectivity index (χ0) is 19.2. The van der Waals surface area contributed by atoms with Gasteiger partial charge in [0.1, 0.15) is 0 Å². The Balaban J connectivity index is 1.41. The number of hydrogen-bond acceptors (Lipinski definition) is 4. The van der Waals surface area contributed by atoms with Crippen molar-refractivity contribution in [2.24, 2.45) is 5.10 Å². The van der Waals surface area contributed by atoms with Crippen molar-refractivity contribution in [3.8, 4) is 5.69 Å². The molecule has 0 radical (unpaired) electrons. The summed E-state index contributed by atoms with van der Waals surface area (Å²) in [6.45, 7) is 3.34. The van der Waals surface area contributed by atoms with E-state index in [4.69, 9.17) is 4.74 Å². The number of para-hydroxylation sites is 1. The summed E-state index contributed by atoms with van der Waals surface area (Å²) < 4.78 is 7.29. The molecule has 1 saturated heterocycles. The van der Waals surface area contributed by atoms with Gasteiger partial charge in [-0.05, 0) is 42.0 Å². The second-order valence-electron chi connectivity index (χ2n) is 6.50. The first kappa shape index (κ1) is 18.0. The predicted octanol–water partition coefficient (Wildman–Crippen LogP) is 3.08. The number of morpholine rings is 1. The Labute approximate surface area is 164 Å². The number of ether oxygens (including phenoxy) is 1. The number of amides is 1. The topological polar surface area (TPSA) is 58.9 Å². The molecular weight excluding hydrogens is 352 g/mol. The lowest BCUT2D eigenvalue weighted by molar-refractivity contribution is 0.0955. The Hall–Kier alpha value is -3.38. The maximum Gasteiger partial charge on any atom is 0.273 e. The lowest BCUT2D eigenvalue weighted by Gasteiger charge is -2.28. The van der Waals surface area contributed by atoms with Crippen LogP contribution in [0.4, 0.5) is 5.69 Å². The summed E-state index contributed by atoms with van der Waals surface area (Å²) in [7, 11) is 0. The molecule has 6 nitrogen and oxygen atoms in total. The first-order valence-corrected chi connectivity index (χ1v) is 9.30. The number of benzene rings is 2. The minimum Gasteiger partial charge on any atom is -0.378 e. The van der Waals surface area contributed by atoms with Crippen LogP contribution in [0.15, 0.2) is 78.2 Å². The second kappa shape index (κ2) is 8.54. The molecule has 2 aromatic carbocycles. The fourth-order valence-corrected chi connectivity index (χ4v) is 3.20. The Morgan fingerprint density at radius 1 is 0.964 bits per heavy atom. The number of nitrogens with one attached hydrogen (secondary N) is 1. The first-order valence-electron chi connectivity index (χ1n) is 9.30. The van der Waals surface area contributed by atoms with Crippen LogP contribution >= 0.6 is 0 Å². The van der Waals surface area contributed by atoms with Crippen LogP contribution in [0.5, 0.6) is 0 Å². The summed E-state index contributed by atoms with van der Waals surface area (Å²) >= 11 is 0. The smallest absolute Gasteiger partial charge is 0.273 e. The molecule has 142 valence electrons. The molecule has 1 amide bonds. The van der Waals surface area contributed by atoms with Crippen molar-refractivity contribution in [1.29, 1.82) is 0 Å². The minimum atomic E-state index is -0.245. The molecule has 1 aliphatic rings. The highest BCUT2D eigenvalue weighted by molar-refractivity contribution is 5.98. The van der Waals surface area contributed by atoms with Gasteiger partial charge in [0, 0.05) is 31.2 Å². The quantitative estimate of drug-likeness (QED) is 0.552. The van der Waals surface area contributed by atoms with Crippen molar-refractivity contribution in [2.75, 3.05) is 31.2 Å². The molecule has 2 heterocycles. The number of hydrazone groups is 1. The highest BCUT2D eigenvalue weighted by atomic mass is 16.5. The Morgan fingerprint density at radius 2 is 1.68 bits per heavy atom. The minimum absolute atomic E-state index is 0.245. The van der Waals surface area contributed by atoms with Gasteiger partial charge >= 0.3 is 0 Å². The molecule has 1 N–H and O–H groups in total. The van der Waals surface area contributed by atoms with E-state index in [0.29, 0.717) is 5.56 Å². The van der Waals surface area contributed by atoms with Crippen molar-refractivity contribution >= 4 is 17.8 Å². The van der Waals surface area contributed by atoms with Gasteiger partial charge in [-0.15, -0.1) is 0 Å². The van der Waals surface area contributed by atoms with Crippen LogP contribution in [0.25, 0.3) is 5.69 Å². The largest absolute Gasteiger partial charge is 0.378 e. The third-order valence-corrected chi connectivity index (χ3v) is 4.68. The van der Waals surface area contributed by atoms with Gasteiger partial charge in [0.25, 0.3) is 5.91 Å². The monoisotopic (exact) mass is 374 g/mol. The van der Waals surface area contributed by atoms with E-state index < -0.39 is 0 Å². The maximum atomic E-state index is 12.6. The number of nitrogens with zero attached hydrogens (tertiary/aromatic N) is 3. The van der Waals surface area contributed by atoms with Crippen molar-refractivity contribution in [1.82, 2.24) is 9.99 Å². The van der Waals surface area contributed by atoms with Crippen LogP contribution < -0.4 is 10.3 Å². The van der Waals surface area contributed by atoms with Crippen LogP contribution in [0.2, 0.25) is 0 Å². The van der Waals surface area contributed by atoms with E-state index >= 15 is 0 Å². The number of aromatic nitrogens is 1. The second-order valence-corrected chi connectivity index (χ2v) is 6.50. The average Bonchev–Trinajstić information content (AvgIpc) is 3.30. The lowest BCUT2D eigenvalue weighted by atomic mass is 10.1. The van der Waals surface area contributed by atoms with Crippen LogP contribution in [0.3, 0.4) is 0 Å². The number of hydrogen-bond donors (Lipinski definition) is 1. The van der Waals surface area contributed by atoms with Gasteiger partial charge in [0.15, 0.2) is 0 Å². The molecule has 0 spiro atoms. The molecule has 28 heavy (non-hydrogen) atoms. The summed E-state index contributed by atoms with van der Waals surface area (Å²) in [5, 5.41) is 4.12. The van der Waals surface area contributed by atoms with E-state index in [1.54, 1.807) is 12.3 Å². The van der Waals surface area contributed by atoms with Crippen molar-refractivity contribution in [3.05, 3.63) is 84.2 Å². The Bertz CT molecular complexity index is 943. The molecule has 0 aliphatic carbocycles.